The lowest BCUT2D eigenvalue weighted by Crippen LogP contribution is -2.33. The van der Waals surface area contributed by atoms with Crippen molar-refractivity contribution < 1.29 is 13.2 Å². The van der Waals surface area contributed by atoms with Crippen molar-refractivity contribution >= 4 is 27.3 Å². The van der Waals surface area contributed by atoms with Crippen LogP contribution >= 0.6 is 11.6 Å². The Hall–Kier alpha value is -2.50. The van der Waals surface area contributed by atoms with Crippen LogP contribution in [0.1, 0.15) is 24.1 Å². The Balaban J connectivity index is 2.14. The van der Waals surface area contributed by atoms with Crippen molar-refractivity contribution in [3.63, 3.8) is 0 Å². The maximum atomic E-state index is 13.6. The van der Waals surface area contributed by atoms with Crippen LogP contribution in [0, 0.1) is 6.92 Å². The summed E-state index contributed by atoms with van der Waals surface area (Å²) in [5, 5.41) is 0.547. The Morgan fingerprint density at radius 3 is 2.21 bits per heavy atom. The van der Waals surface area contributed by atoms with Crippen molar-refractivity contribution in [1.29, 1.82) is 0 Å². The molecule has 0 saturated heterocycles. The van der Waals surface area contributed by atoms with E-state index in [1.807, 2.05) is 38.1 Å². The number of methoxy groups -OCH3 is 1. The smallest absolute Gasteiger partial charge is 0.264 e. The lowest BCUT2D eigenvalue weighted by Gasteiger charge is -2.31. The quantitative estimate of drug-likeness (QED) is 0.525. The Labute approximate surface area is 171 Å². The average Bonchev–Trinajstić information content (AvgIpc) is 2.70. The van der Waals surface area contributed by atoms with Gasteiger partial charge in [-0.1, -0.05) is 41.4 Å². The summed E-state index contributed by atoms with van der Waals surface area (Å²) >= 11 is 6.02. The Morgan fingerprint density at radius 2 is 1.61 bits per heavy atom. The number of hydrogen-bond acceptors (Lipinski definition) is 3. The first-order valence-corrected chi connectivity index (χ1v) is 10.7. The van der Waals surface area contributed by atoms with Gasteiger partial charge in [0.05, 0.1) is 23.7 Å². The molecule has 0 heterocycles. The molecule has 4 nitrogen and oxygen atoms in total. The molecular weight excluding hydrogens is 394 g/mol. The van der Waals surface area contributed by atoms with Crippen LogP contribution in [0.2, 0.25) is 5.02 Å². The van der Waals surface area contributed by atoms with Crippen LogP contribution in [0.3, 0.4) is 0 Å². The zero-order chi connectivity index (χ0) is 20.3. The second-order valence-electron chi connectivity index (χ2n) is 6.54. The maximum Gasteiger partial charge on any atom is 0.264 e. The van der Waals surface area contributed by atoms with Crippen LogP contribution in [0.5, 0.6) is 5.75 Å². The number of ether oxygens (including phenoxy) is 1. The fraction of sp³-hybridized carbons (Fsp3) is 0.182. The molecule has 3 aromatic rings. The third-order valence-electron chi connectivity index (χ3n) is 4.59. The summed E-state index contributed by atoms with van der Waals surface area (Å²) < 4.78 is 33.8. The van der Waals surface area contributed by atoms with Crippen molar-refractivity contribution in [2.45, 2.75) is 24.8 Å². The highest BCUT2D eigenvalue weighted by molar-refractivity contribution is 7.92. The molecule has 3 rings (SSSR count). The molecule has 0 aliphatic heterocycles. The predicted octanol–water partition coefficient (Wildman–Crippen LogP) is 5.61. The van der Waals surface area contributed by atoms with Crippen molar-refractivity contribution in [3.8, 4) is 5.75 Å². The van der Waals surface area contributed by atoms with E-state index < -0.39 is 16.1 Å². The van der Waals surface area contributed by atoms with Gasteiger partial charge in [0.25, 0.3) is 10.0 Å². The van der Waals surface area contributed by atoms with E-state index in [1.165, 1.54) is 4.31 Å². The predicted molar refractivity (Wildman–Crippen MR) is 114 cm³/mol. The van der Waals surface area contributed by atoms with E-state index in [2.05, 4.69) is 0 Å². The number of aryl methyl sites for hydroxylation is 1. The fourth-order valence-electron chi connectivity index (χ4n) is 3.02. The monoisotopic (exact) mass is 415 g/mol. The number of nitrogens with zero attached hydrogens (tertiary/aromatic N) is 1. The molecule has 0 aliphatic carbocycles. The summed E-state index contributed by atoms with van der Waals surface area (Å²) in [5.74, 6) is 0.674. The molecule has 0 amide bonds. The van der Waals surface area contributed by atoms with Crippen molar-refractivity contribution in [2.24, 2.45) is 0 Å². The zero-order valence-electron chi connectivity index (χ0n) is 16.0. The molecule has 3 aromatic carbocycles. The van der Waals surface area contributed by atoms with E-state index >= 15 is 0 Å². The molecule has 1 atom stereocenters. The molecule has 0 bridgehead atoms. The normalized spacial score (nSPS) is 12.4. The Morgan fingerprint density at radius 1 is 0.964 bits per heavy atom. The Kier molecular flexibility index (Phi) is 5.96. The van der Waals surface area contributed by atoms with Crippen LogP contribution in [0.4, 0.5) is 5.69 Å². The zero-order valence-corrected chi connectivity index (χ0v) is 17.5. The van der Waals surface area contributed by atoms with Crippen LogP contribution in [0.25, 0.3) is 0 Å². The van der Waals surface area contributed by atoms with Crippen LogP contribution in [-0.4, -0.2) is 15.5 Å². The number of hydrogen-bond donors (Lipinski definition) is 0. The summed E-state index contributed by atoms with van der Waals surface area (Å²) in [4.78, 5) is 0.239. The molecule has 0 aliphatic rings. The van der Waals surface area contributed by atoms with Gasteiger partial charge in [-0.15, -0.1) is 0 Å². The van der Waals surface area contributed by atoms with E-state index in [0.29, 0.717) is 16.5 Å². The van der Waals surface area contributed by atoms with Gasteiger partial charge in [0.1, 0.15) is 5.75 Å². The number of sulfonamides is 1. The molecule has 1 unspecified atom stereocenters. The molecule has 0 N–H and O–H groups in total. The van der Waals surface area contributed by atoms with Gasteiger partial charge in [0.2, 0.25) is 0 Å². The lowest BCUT2D eigenvalue weighted by atomic mass is 10.1. The molecule has 146 valence electrons. The molecule has 6 heteroatoms. The maximum absolute atomic E-state index is 13.6. The second-order valence-corrected chi connectivity index (χ2v) is 8.79. The van der Waals surface area contributed by atoms with E-state index in [9.17, 15) is 8.42 Å². The highest BCUT2D eigenvalue weighted by atomic mass is 35.5. The largest absolute Gasteiger partial charge is 0.497 e. The third kappa shape index (κ3) is 4.16. The standard InChI is InChI=1S/C22H22ClNO3S/c1-16-7-13-22(14-8-16)28(25,26)24(20-11-9-19(23)10-12-20)17(2)18-5-4-6-21(15-18)27-3/h4-15,17H,1-3H3. The van der Waals surface area contributed by atoms with Gasteiger partial charge in [-0.05, 0) is 67.9 Å². The molecule has 0 aromatic heterocycles. The van der Waals surface area contributed by atoms with E-state index in [0.717, 1.165) is 11.1 Å². The van der Waals surface area contributed by atoms with Gasteiger partial charge in [-0.25, -0.2) is 8.42 Å². The topological polar surface area (TPSA) is 46.6 Å². The van der Waals surface area contributed by atoms with Crippen molar-refractivity contribution in [2.75, 3.05) is 11.4 Å². The summed E-state index contributed by atoms with van der Waals surface area (Å²) in [6.07, 6.45) is 0. The van der Waals surface area contributed by atoms with Crippen molar-refractivity contribution in [3.05, 3.63) is 88.9 Å². The van der Waals surface area contributed by atoms with Gasteiger partial charge < -0.3 is 4.74 Å². The highest BCUT2D eigenvalue weighted by Crippen LogP contribution is 2.34. The SMILES string of the molecule is COc1cccc(C(C)N(c2ccc(Cl)cc2)S(=O)(=O)c2ccc(C)cc2)c1. The third-order valence-corrected chi connectivity index (χ3v) is 6.75. The molecule has 28 heavy (non-hydrogen) atoms. The van der Waals surface area contributed by atoms with E-state index in [4.69, 9.17) is 16.3 Å². The van der Waals surface area contributed by atoms with Crippen molar-refractivity contribution in [1.82, 2.24) is 0 Å². The molecule has 0 spiro atoms. The lowest BCUT2D eigenvalue weighted by molar-refractivity contribution is 0.414. The molecule has 0 radical (unpaired) electrons. The number of rotatable bonds is 6. The summed E-state index contributed by atoms with van der Waals surface area (Å²) in [6.45, 7) is 3.78. The minimum Gasteiger partial charge on any atom is -0.497 e. The minimum atomic E-state index is -3.80. The first-order chi connectivity index (χ1) is 13.3. The van der Waals surface area contributed by atoms with Gasteiger partial charge in [-0.2, -0.15) is 0 Å². The summed E-state index contributed by atoms with van der Waals surface area (Å²) in [7, 11) is -2.21. The van der Waals surface area contributed by atoms with E-state index in [1.54, 1.807) is 55.6 Å². The van der Waals surface area contributed by atoms with Crippen LogP contribution in [0.15, 0.2) is 77.7 Å². The highest BCUT2D eigenvalue weighted by Gasteiger charge is 2.30. The van der Waals surface area contributed by atoms with Crippen LogP contribution < -0.4 is 9.04 Å². The summed E-state index contributed by atoms with van der Waals surface area (Å²) in [6, 6.07) is 20.6. The number of halogens is 1. The first kappa shape index (κ1) is 20.2. The molecular formula is C22H22ClNO3S. The molecule has 0 fully saturated rings. The Bertz CT molecular complexity index is 1050. The average molecular weight is 416 g/mol. The van der Waals surface area contributed by atoms with Gasteiger partial charge in [0, 0.05) is 5.02 Å². The van der Waals surface area contributed by atoms with Gasteiger partial charge in [-0.3, -0.25) is 4.31 Å². The van der Waals surface area contributed by atoms with Crippen LogP contribution in [-0.2, 0) is 10.0 Å². The van der Waals surface area contributed by atoms with Gasteiger partial charge in [0.15, 0.2) is 0 Å². The van der Waals surface area contributed by atoms with E-state index in [-0.39, 0.29) is 4.90 Å². The fourth-order valence-corrected chi connectivity index (χ4v) is 4.79. The summed E-state index contributed by atoms with van der Waals surface area (Å²) in [5.41, 5.74) is 2.36. The number of benzene rings is 3. The minimum absolute atomic E-state index is 0.239. The first-order valence-electron chi connectivity index (χ1n) is 8.83. The second kappa shape index (κ2) is 8.25. The van der Waals surface area contributed by atoms with Gasteiger partial charge >= 0.3 is 0 Å². The molecule has 0 saturated carbocycles. The number of anilines is 1.